The van der Waals surface area contributed by atoms with Crippen molar-refractivity contribution >= 4 is 0 Å². The molecule has 0 amide bonds. The minimum Gasteiger partial charge on any atom is -0.313 e. The van der Waals surface area contributed by atoms with Crippen LogP contribution in [0.1, 0.15) is 66.2 Å². The van der Waals surface area contributed by atoms with Crippen LogP contribution in [0.4, 0.5) is 0 Å². The summed E-state index contributed by atoms with van der Waals surface area (Å²) in [7, 11) is 0. The van der Waals surface area contributed by atoms with Crippen LogP contribution in [0.25, 0.3) is 0 Å². The third kappa shape index (κ3) is 4.46. The van der Waals surface area contributed by atoms with Gasteiger partial charge in [0.1, 0.15) is 0 Å². The summed E-state index contributed by atoms with van der Waals surface area (Å²) in [5, 5.41) is 3.71. The topological polar surface area (TPSA) is 15.3 Å². The largest absolute Gasteiger partial charge is 0.313 e. The first-order chi connectivity index (χ1) is 9.00. The van der Waals surface area contributed by atoms with Crippen molar-refractivity contribution in [2.45, 2.75) is 78.3 Å². The number of nitrogens with one attached hydrogen (secondary N) is 1. The molecule has 1 N–H and O–H groups in total. The Labute approximate surface area is 120 Å². The Morgan fingerprint density at radius 1 is 1.21 bits per heavy atom. The van der Waals surface area contributed by atoms with Crippen LogP contribution >= 0.6 is 0 Å². The Kier molecular flexibility index (Phi) is 5.30. The van der Waals surface area contributed by atoms with Gasteiger partial charge in [0.15, 0.2) is 0 Å². The molecule has 1 heterocycles. The molecule has 3 atom stereocenters. The fraction of sp³-hybridized carbons (Fsp3) is 1.00. The molecular weight excluding hydrogens is 232 g/mol. The van der Waals surface area contributed by atoms with E-state index in [-0.39, 0.29) is 0 Å². The zero-order valence-corrected chi connectivity index (χ0v) is 13.5. The highest BCUT2D eigenvalue weighted by atomic mass is 15.2. The van der Waals surface area contributed by atoms with Crippen molar-refractivity contribution in [3.63, 3.8) is 0 Å². The lowest BCUT2D eigenvalue weighted by molar-refractivity contribution is 0.0616. The molecule has 1 aliphatic carbocycles. The van der Waals surface area contributed by atoms with E-state index in [9.17, 15) is 0 Å². The van der Waals surface area contributed by atoms with E-state index in [1.165, 1.54) is 58.2 Å². The summed E-state index contributed by atoms with van der Waals surface area (Å²) in [6.45, 7) is 13.4. The first-order valence-corrected chi connectivity index (χ1v) is 8.47. The number of hydrogen-bond acceptors (Lipinski definition) is 2. The van der Waals surface area contributed by atoms with E-state index in [1.807, 2.05) is 0 Å². The maximum absolute atomic E-state index is 3.71. The van der Waals surface area contributed by atoms with Crippen molar-refractivity contribution in [1.29, 1.82) is 0 Å². The van der Waals surface area contributed by atoms with Crippen molar-refractivity contribution in [2.75, 3.05) is 19.6 Å². The van der Waals surface area contributed by atoms with Crippen LogP contribution in [0.3, 0.4) is 0 Å². The van der Waals surface area contributed by atoms with Gasteiger partial charge in [-0.1, -0.05) is 34.1 Å². The second kappa shape index (κ2) is 6.58. The van der Waals surface area contributed by atoms with Gasteiger partial charge in [0.25, 0.3) is 0 Å². The van der Waals surface area contributed by atoms with Crippen LogP contribution in [0.2, 0.25) is 0 Å². The molecule has 19 heavy (non-hydrogen) atoms. The second-order valence-corrected chi connectivity index (χ2v) is 7.80. The van der Waals surface area contributed by atoms with E-state index in [1.54, 1.807) is 0 Å². The average Bonchev–Trinajstić information content (AvgIpc) is 2.34. The average molecular weight is 266 g/mol. The van der Waals surface area contributed by atoms with Gasteiger partial charge in [-0.2, -0.15) is 0 Å². The third-order valence-electron chi connectivity index (χ3n) is 5.15. The van der Waals surface area contributed by atoms with Gasteiger partial charge in [-0.25, -0.2) is 0 Å². The second-order valence-electron chi connectivity index (χ2n) is 7.80. The zero-order valence-electron chi connectivity index (χ0n) is 13.5. The lowest BCUT2D eigenvalue weighted by atomic mass is 9.70. The van der Waals surface area contributed by atoms with E-state index >= 15 is 0 Å². The lowest BCUT2D eigenvalue weighted by Gasteiger charge is -2.45. The van der Waals surface area contributed by atoms with E-state index in [0.717, 1.165) is 18.0 Å². The fourth-order valence-electron chi connectivity index (χ4n) is 4.47. The van der Waals surface area contributed by atoms with Crippen LogP contribution in [0.5, 0.6) is 0 Å². The summed E-state index contributed by atoms with van der Waals surface area (Å²) in [6.07, 6.45) is 8.37. The molecule has 1 saturated heterocycles. The SMILES string of the molecule is CCN(CC1CCCCN1)C1CC(C)CC(C)(C)C1. The van der Waals surface area contributed by atoms with Gasteiger partial charge in [-0.3, -0.25) is 4.90 Å². The number of rotatable bonds is 4. The molecule has 0 bridgehead atoms. The fourth-order valence-corrected chi connectivity index (χ4v) is 4.47. The summed E-state index contributed by atoms with van der Waals surface area (Å²) in [4.78, 5) is 2.76. The summed E-state index contributed by atoms with van der Waals surface area (Å²) >= 11 is 0. The van der Waals surface area contributed by atoms with E-state index in [4.69, 9.17) is 0 Å². The molecule has 2 heteroatoms. The number of piperidine rings is 1. The standard InChI is InChI=1S/C17H34N2/c1-5-19(13-15-8-6-7-9-18-15)16-10-14(2)11-17(3,4)12-16/h14-16,18H,5-13H2,1-4H3. The number of likely N-dealkylation sites (N-methyl/N-ethyl adjacent to an activating group) is 1. The van der Waals surface area contributed by atoms with Crippen LogP contribution in [0, 0.1) is 11.3 Å². The first kappa shape index (κ1) is 15.3. The summed E-state index contributed by atoms with van der Waals surface area (Å²) < 4.78 is 0. The Morgan fingerprint density at radius 3 is 2.58 bits per heavy atom. The number of hydrogen-bond donors (Lipinski definition) is 1. The molecule has 3 unspecified atom stereocenters. The monoisotopic (exact) mass is 266 g/mol. The lowest BCUT2D eigenvalue weighted by Crippen LogP contribution is -2.50. The first-order valence-electron chi connectivity index (χ1n) is 8.47. The molecule has 0 spiro atoms. The minimum absolute atomic E-state index is 0.537. The number of nitrogens with zero attached hydrogens (tertiary/aromatic N) is 1. The van der Waals surface area contributed by atoms with E-state index in [2.05, 4.69) is 37.9 Å². The molecule has 1 saturated carbocycles. The van der Waals surface area contributed by atoms with Crippen LogP contribution < -0.4 is 5.32 Å². The molecule has 2 nitrogen and oxygen atoms in total. The normalized spacial score (nSPS) is 35.5. The zero-order chi connectivity index (χ0) is 13.9. The van der Waals surface area contributed by atoms with Crippen LogP contribution in [-0.4, -0.2) is 36.6 Å². The Morgan fingerprint density at radius 2 is 2.00 bits per heavy atom. The predicted octanol–water partition coefficient (Wildman–Crippen LogP) is 3.67. The summed E-state index contributed by atoms with van der Waals surface area (Å²) in [5.41, 5.74) is 0.537. The van der Waals surface area contributed by atoms with Crippen LogP contribution in [0.15, 0.2) is 0 Å². The molecule has 112 valence electrons. The molecule has 2 rings (SSSR count). The van der Waals surface area contributed by atoms with Crippen molar-refractivity contribution in [3.8, 4) is 0 Å². The van der Waals surface area contributed by atoms with Crippen molar-refractivity contribution in [2.24, 2.45) is 11.3 Å². The predicted molar refractivity (Wildman–Crippen MR) is 83.5 cm³/mol. The highest BCUT2D eigenvalue weighted by Gasteiger charge is 2.35. The van der Waals surface area contributed by atoms with Gasteiger partial charge >= 0.3 is 0 Å². The highest BCUT2D eigenvalue weighted by molar-refractivity contribution is 4.89. The quantitative estimate of drug-likeness (QED) is 0.835. The molecule has 0 aromatic rings. The molecule has 1 aliphatic heterocycles. The Hall–Kier alpha value is -0.0800. The maximum atomic E-state index is 3.71. The summed E-state index contributed by atoms with van der Waals surface area (Å²) in [5.74, 6) is 0.891. The van der Waals surface area contributed by atoms with Gasteiger partial charge in [-0.15, -0.1) is 0 Å². The molecule has 0 radical (unpaired) electrons. The summed E-state index contributed by atoms with van der Waals surface area (Å²) in [6, 6.07) is 1.56. The Balaban J connectivity index is 1.92. The third-order valence-corrected chi connectivity index (χ3v) is 5.15. The van der Waals surface area contributed by atoms with Gasteiger partial charge in [0.05, 0.1) is 0 Å². The van der Waals surface area contributed by atoms with Gasteiger partial charge in [0, 0.05) is 18.6 Å². The molecule has 0 aromatic heterocycles. The van der Waals surface area contributed by atoms with E-state index in [0.29, 0.717) is 5.41 Å². The molecule has 2 fully saturated rings. The van der Waals surface area contributed by atoms with Gasteiger partial charge in [-0.05, 0) is 56.5 Å². The maximum Gasteiger partial charge on any atom is 0.0195 e. The Bertz CT molecular complexity index is 268. The van der Waals surface area contributed by atoms with Crippen LogP contribution in [-0.2, 0) is 0 Å². The van der Waals surface area contributed by atoms with Gasteiger partial charge in [0.2, 0.25) is 0 Å². The van der Waals surface area contributed by atoms with Crippen molar-refractivity contribution < 1.29 is 0 Å². The molecule has 2 aliphatic rings. The van der Waals surface area contributed by atoms with Crippen molar-refractivity contribution in [1.82, 2.24) is 10.2 Å². The smallest absolute Gasteiger partial charge is 0.0195 e. The van der Waals surface area contributed by atoms with Crippen molar-refractivity contribution in [3.05, 3.63) is 0 Å². The minimum atomic E-state index is 0.537. The van der Waals surface area contributed by atoms with E-state index < -0.39 is 0 Å². The molecular formula is C17H34N2. The van der Waals surface area contributed by atoms with Gasteiger partial charge < -0.3 is 5.32 Å². The molecule has 0 aromatic carbocycles. The highest BCUT2D eigenvalue weighted by Crippen LogP contribution is 2.40.